The van der Waals surface area contributed by atoms with Crippen molar-refractivity contribution in [3.05, 3.63) is 29.8 Å². The van der Waals surface area contributed by atoms with E-state index in [0.29, 0.717) is 5.25 Å². The van der Waals surface area contributed by atoms with Gasteiger partial charge < -0.3 is 5.11 Å². The Kier molecular flexibility index (Phi) is 3.82. The van der Waals surface area contributed by atoms with Crippen molar-refractivity contribution in [2.75, 3.05) is 0 Å². The van der Waals surface area contributed by atoms with E-state index in [1.54, 1.807) is 18.7 Å². The number of aliphatic hydroxyl groups is 1. The Hall–Kier alpha value is -0.470. The van der Waals surface area contributed by atoms with E-state index in [4.69, 9.17) is 0 Å². The van der Waals surface area contributed by atoms with Gasteiger partial charge in [0.15, 0.2) is 0 Å². The van der Waals surface area contributed by atoms with Crippen molar-refractivity contribution in [3.8, 4) is 0 Å². The Bertz CT molecular complexity index is 269. The Morgan fingerprint density at radius 1 is 1.15 bits per heavy atom. The quantitative estimate of drug-likeness (QED) is 0.749. The van der Waals surface area contributed by atoms with Gasteiger partial charge in [-0.25, -0.2) is 0 Å². The third-order valence-electron chi connectivity index (χ3n) is 1.73. The van der Waals surface area contributed by atoms with Crippen molar-refractivity contribution in [2.24, 2.45) is 0 Å². The normalized spacial score (nSPS) is 13.3. The highest BCUT2D eigenvalue weighted by molar-refractivity contribution is 8.00. The van der Waals surface area contributed by atoms with Crippen LogP contribution in [0.5, 0.6) is 0 Å². The second-order valence-corrected chi connectivity index (χ2v) is 5.00. The minimum absolute atomic E-state index is 0.373. The molecule has 1 N–H and O–H groups in total. The van der Waals surface area contributed by atoms with Gasteiger partial charge in [-0.05, 0) is 18.6 Å². The van der Waals surface area contributed by atoms with Gasteiger partial charge in [0.05, 0.1) is 6.10 Å². The molecule has 0 heterocycles. The second-order valence-electron chi connectivity index (χ2n) is 3.38. The van der Waals surface area contributed by atoms with Gasteiger partial charge in [0.2, 0.25) is 0 Å². The van der Waals surface area contributed by atoms with Crippen LogP contribution in [0.4, 0.5) is 0 Å². The number of aliphatic hydroxyl groups excluding tert-OH is 1. The molecule has 1 aromatic carbocycles. The van der Waals surface area contributed by atoms with Gasteiger partial charge in [-0.3, -0.25) is 0 Å². The maximum Gasteiger partial charge on any atom is 0.0772 e. The molecule has 0 aliphatic carbocycles. The summed E-state index contributed by atoms with van der Waals surface area (Å²) < 4.78 is 0. The summed E-state index contributed by atoms with van der Waals surface area (Å²) in [6.45, 7) is 6.12. The molecule has 0 spiro atoms. The molecule has 1 aromatic rings. The van der Waals surface area contributed by atoms with Crippen LogP contribution < -0.4 is 0 Å². The molecular formula is C11H16OS. The van der Waals surface area contributed by atoms with Crippen molar-refractivity contribution >= 4 is 11.8 Å². The molecule has 1 nitrogen and oxygen atoms in total. The topological polar surface area (TPSA) is 20.2 Å². The van der Waals surface area contributed by atoms with E-state index in [1.807, 2.05) is 18.2 Å². The van der Waals surface area contributed by atoms with E-state index in [2.05, 4.69) is 19.9 Å². The minimum Gasteiger partial charge on any atom is -0.389 e. The van der Waals surface area contributed by atoms with Crippen molar-refractivity contribution in [2.45, 2.75) is 37.0 Å². The molecule has 0 aliphatic heterocycles. The summed E-state index contributed by atoms with van der Waals surface area (Å²) in [5, 5.41) is 10.1. The van der Waals surface area contributed by atoms with E-state index in [1.165, 1.54) is 4.90 Å². The first-order valence-electron chi connectivity index (χ1n) is 4.55. The molecular weight excluding hydrogens is 180 g/mol. The van der Waals surface area contributed by atoms with Crippen molar-refractivity contribution in [3.63, 3.8) is 0 Å². The predicted molar refractivity (Wildman–Crippen MR) is 58.1 cm³/mol. The Morgan fingerprint density at radius 3 is 2.31 bits per heavy atom. The highest BCUT2D eigenvalue weighted by Crippen LogP contribution is 2.29. The first-order chi connectivity index (χ1) is 6.11. The maximum atomic E-state index is 9.50. The van der Waals surface area contributed by atoms with Crippen molar-refractivity contribution in [1.29, 1.82) is 0 Å². The van der Waals surface area contributed by atoms with Crippen LogP contribution in [0.3, 0.4) is 0 Å². The summed E-state index contributed by atoms with van der Waals surface area (Å²) >= 11 is 1.79. The fourth-order valence-corrected chi connectivity index (χ4v) is 2.23. The number of thioether (sulfide) groups is 1. The van der Waals surface area contributed by atoms with Crippen LogP contribution in [0.2, 0.25) is 0 Å². The summed E-state index contributed by atoms with van der Waals surface area (Å²) in [4.78, 5) is 1.19. The first kappa shape index (κ1) is 10.6. The fraction of sp³-hybridized carbons (Fsp3) is 0.455. The van der Waals surface area contributed by atoms with Crippen LogP contribution in [-0.2, 0) is 0 Å². The molecule has 2 heteroatoms. The highest BCUT2D eigenvalue weighted by Gasteiger charge is 2.08. The monoisotopic (exact) mass is 196 g/mol. The lowest BCUT2D eigenvalue weighted by Gasteiger charge is -2.12. The van der Waals surface area contributed by atoms with E-state index in [-0.39, 0.29) is 6.10 Å². The maximum absolute atomic E-state index is 9.50. The third-order valence-corrected chi connectivity index (χ3v) is 2.83. The Morgan fingerprint density at radius 2 is 1.77 bits per heavy atom. The van der Waals surface area contributed by atoms with Crippen LogP contribution in [0.15, 0.2) is 29.2 Å². The van der Waals surface area contributed by atoms with Crippen molar-refractivity contribution in [1.82, 2.24) is 0 Å². The third kappa shape index (κ3) is 3.05. The zero-order valence-corrected chi connectivity index (χ0v) is 9.14. The van der Waals surface area contributed by atoms with Gasteiger partial charge >= 0.3 is 0 Å². The molecule has 13 heavy (non-hydrogen) atoms. The van der Waals surface area contributed by atoms with Gasteiger partial charge in [-0.15, -0.1) is 11.8 Å². The minimum atomic E-state index is -0.373. The predicted octanol–water partition coefficient (Wildman–Crippen LogP) is 3.24. The average molecular weight is 196 g/mol. The lowest BCUT2D eigenvalue weighted by molar-refractivity contribution is 0.196. The van der Waals surface area contributed by atoms with E-state index in [0.717, 1.165) is 5.56 Å². The van der Waals surface area contributed by atoms with Crippen molar-refractivity contribution < 1.29 is 5.11 Å². The highest BCUT2D eigenvalue weighted by atomic mass is 32.2. The van der Waals surface area contributed by atoms with Gasteiger partial charge in [0, 0.05) is 10.1 Å². The molecule has 0 aliphatic rings. The second kappa shape index (κ2) is 4.68. The lowest BCUT2D eigenvalue weighted by atomic mass is 10.1. The standard InChI is InChI=1S/C11H16OS/c1-8(2)13-11-7-5-4-6-10(11)9(3)12/h4-9,12H,1-3H3. The fourth-order valence-electron chi connectivity index (χ4n) is 1.19. The number of rotatable bonds is 3. The summed E-state index contributed by atoms with van der Waals surface area (Å²) in [5.41, 5.74) is 1.03. The Balaban J connectivity index is 2.91. The first-order valence-corrected chi connectivity index (χ1v) is 5.43. The molecule has 0 amide bonds. The van der Waals surface area contributed by atoms with Crippen LogP contribution in [0, 0.1) is 0 Å². The summed E-state index contributed by atoms with van der Waals surface area (Å²) in [5.74, 6) is 0. The smallest absolute Gasteiger partial charge is 0.0772 e. The molecule has 1 unspecified atom stereocenters. The molecule has 1 rings (SSSR count). The molecule has 0 saturated carbocycles. The molecule has 72 valence electrons. The number of hydrogen-bond acceptors (Lipinski definition) is 2. The zero-order chi connectivity index (χ0) is 9.84. The van der Waals surface area contributed by atoms with Crippen LogP contribution in [0.1, 0.15) is 32.4 Å². The van der Waals surface area contributed by atoms with E-state index < -0.39 is 0 Å². The van der Waals surface area contributed by atoms with Crippen LogP contribution >= 0.6 is 11.8 Å². The van der Waals surface area contributed by atoms with Crippen LogP contribution in [-0.4, -0.2) is 10.4 Å². The number of hydrogen-bond donors (Lipinski definition) is 1. The molecule has 0 bridgehead atoms. The molecule has 0 radical (unpaired) electrons. The summed E-state index contributed by atoms with van der Waals surface area (Å²) in [7, 11) is 0. The average Bonchev–Trinajstić information content (AvgIpc) is 2.03. The van der Waals surface area contributed by atoms with Gasteiger partial charge in [0.1, 0.15) is 0 Å². The molecule has 0 saturated heterocycles. The SMILES string of the molecule is CC(C)Sc1ccccc1C(C)O. The van der Waals surface area contributed by atoms with Gasteiger partial charge in [-0.1, -0.05) is 32.0 Å². The summed E-state index contributed by atoms with van der Waals surface area (Å²) in [6, 6.07) is 8.02. The van der Waals surface area contributed by atoms with Gasteiger partial charge in [-0.2, -0.15) is 0 Å². The van der Waals surface area contributed by atoms with E-state index >= 15 is 0 Å². The van der Waals surface area contributed by atoms with Gasteiger partial charge in [0.25, 0.3) is 0 Å². The van der Waals surface area contributed by atoms with E-state index in [9.17, 15) is 5.11 Å². The molecule has 0 fully saturated rings. The molecule has 1 atom stereocenters. The summed E-state index contributed by atoms with van der Waals surface area (Å²) in [6.07, 6.45) is -0.373. The number of benzene rings is 1. The molecule has 0 aromatic heterocycles. The van der Waals surface area contributed by atoms with Crippen LogP contribution in [0.25, 0.3) is 0 Å². The largest absolute Gasteiger partial charge is 0.389 e. The zero-order valence-electron chi connectivity index (χ0n) is 8.32. The lowest BCUT2D eigenvalue weighted by Crippen LogP contribution is -1.95. The Labute approximate surface area is 84.2 Å².